The summed E-state index contributed by atoms with van der Waals surface area (Å²) in [6.45, 7) is 2.26. The number of amides is 1. The Balaban J connectivity index is 1.43. The molecule has 2 saturated carbocycles. The van der Waals surface area contributed by atoms with Crippen LogP contribution in [0.25, 0.3) is 0 Å². The van der Waals surface area contributed by atoms with Crippen molar-refractivity contribution in [3.63, 3.8) is 0 Å². The number of halogens is 2. The summed E-state index contributed by atoms with van der Waals surface area (Å²) in [7, 11) is 0. The maximum atomic E-state index is 14.0. The second-order valence-electron chi connectivity index (χ2n) is 8.44. The van der Waals surface area contributed by atoms with Crippen molar-refractivity contribution in [1.29, 1.82) is 0 Å². The van der Waals surface area contributed by atoms with Crippen LogP contribution in [0.2, 0.25) is 0 Å². The molecular formula is C22H25F2N3O2. The van der Waals surface area contributed by atoms with E-state index in [0.717, 1.165) is 42.9 Å². The number of anilines is 1. The largest absolute Gasteiger partial charge is 0.385 e. The van der Waals surface area contributed by atoms with E-state index in [9.17, 15) is 18.7 Å². The van der Waals surface area contributed by atoms with Crippen molar-refractivity contribution in [2.75, 3.05) is 11.9 Å². The Morgan fingerprint density at radius 3 is 2.69 bits per heavy atom. The highest BCUT2D eigenvalue weighted by atomic mass is 19.1. The molecule has 0 bridgehead atoms. The first kappa shape index (κ1) is 19.8. The standard InChI is InChI=1S/C22H25F2N3O2/c1-21(29,16-8-7-15(23)11-17(16)24)12-20(28)27-22(9-10-22)18-3-2-4-19(26-18)25-13-14-5-6-14/h2-4,7-8,11,14,29H,5-6,9-10,12-13H2,1H3,(H,25,26)(H,27,28). The van der Waals surface area contributed by atoms with Gasteiger partial charge < -0.3 is 15.7 Å². The number of carbonyl (C=O) groups is 1. The molecule has 3 N–H and O–H groups in total. The van der Waals surface area contributed by atoms with Crippen molar-refractivity contribution >= 4 is 11.7 Å². The molecule has 1 unspecified atom stereocenters. The van der Waals surface area contributed by atoms with Gasteiger partial charge in [0.2, 0.25) is 5.91 Å². The van der Waals surface area contributed by atoms with Gasteiger partial charge in [0.15, 0.2) is 0 Å². The molecule has 4 rings (SSSR count). The minimum Gasteiger partial charge on any atom is -0.385 e. The summed E-state index contributed by atoms with van der Waals surface area (Å²) in [5.74, 6) is -0.501. The van der Waals surface area contributed by atoms with Crippen LogP contribution < -0.4 is 10.6 Å². The zero-order valence-electron chi connectivity index (χ0n) is 16.3. The molecule has 1 aromatic heterocycles. The molecular weight excluding hydrogens is 376 g/mol. The average molecular weight is 401 g/mol. The molecule has 1 aromatic carbocycles. The quantitative estimate of drug-likeness (QED) is 0.632. The molecule has 7 heteroatoms. The summed E-state index contributed by atoms with van der Waals surface area (Å²) in [4.78, 5) is 17.3. The van der Waals surface area contributed by atoms with E-state index in [4.69, 9.17) is 0 Å². The summed E-state index contributed by atoms with van der Waals surface area (Å²) in [5, 5.41) is 16.9. The highest BCUT2D eigenvalue weighted by Gasteiger charge is 2.47. The Hall–Kier alpha value is -2.54. The molecule has 1 atom stereocenters. The third kappa shape index (κ3) is 4.56. The first-order chi connectivity index (χ1) is 13.8. The molecule has 2 aliphatic rings. The number of aliphatic hydroxyl groups is 1. The smallest absolute Gasteiger partial charge is 0.223 e. The van der Waals surface area contributed by atoms with Gasteiger partial charge in [-0.1, -0.05) is 12.1 Å². The molecule has 2 aromatic rings. The Labute approximate surface area is 168 Å². The third-order valence-electron chi connectivity index (χ3n) is 5.65. The number of rotatable bonds is 8. The lowest BCUT2D eigenvalue weighted by Gasteiger charge is -2.26. The third-order valence-corrected chi connectivity index (χ3v) is 5.65. The number of hydrogen-bond donors (Lipinski definition) is 3. The van der Waals surface area contributed by atoms with E-state index in [-0.39, 0.29) is 12.0 Å². The van der Waals surface area contributed by atoms with Gasteiger partial charge in [0, 0.05) is 18.2 Å². The number of nitrogens with zero attached hydrogens (tertiary/aromatic N) is 1. The van der Waals surface area contributed by atoms with E-state index in [0.29, 0.717) is 6.07 Å². The Kier molecular flexibility index (Phi) is 5.02. The highest BCUT2D eigenvalue weighted by Crippen LogP contribution is 2.45. The molecule has 1 heterocycles. The first-order valence-electron chi connectivity index (χ1n) is 9.98. The number of benzene rings is 1. The van der Waals surface area contributed by atoms with Gasteiger partial charge >= 0.3 is 0 Å². The second-order valence-corrected chi connectivity index (χ2v) is 8.44. The van der Waals surface area contributed by atoms with E-state index in [1.165, 1.54) is 25.8 Å². The van der Waals surface area contributed by atoms with Gasteiger partial charge in [-0.3, -0.25) is 4.79 Å². The van der Waals surface area contributed by atoms with Crippen LogP contribution in [0, 0.1) is 17.6 Å². The summed E-state index contributed by atoms with van der Waals surface area (Å²) in [5.41, 5.74) is -1.63. The lowest BCUT2D eigenvalue weighted by Crippen LogP contribution is -2.39. The van der Waals surface area contributed by atoms with Gasteiger partial charge in [-0.15, -0.1) is 0 Å². The van der Waals surface area contributed by atoms with Crippen LogP contribution in [0.3, 0.4) is 0 Å². The molecule has 154 valence electrons. The molecule has 1 amide bonds. The lowest BCUT2D eigenvalue weighted by atomic mass is 9.91. The van der Waals surface area contributed by atoms with Gasteiger partial charge in [0.05, 0.1) is 23.3 Å². The van der Waals surface area contributed by atoms with E-state index >= 15 is 0 Å². The lowest BCUT2D eigenvalue weighted by molar-refractivity contribution is -0.127. The molecule has 29 heavy (non-hydrogen) atoms. The number of aromatic nitrogens is 1. The summed E-state index contributed by atoms with van der Waals surface area (Å²) < 4.78 is 27.2. The average Bonchev–Trinajstić information content (AvgIpc) is 3.56. The summed E-state index contributed by atoms with van der Waals surface area (Å²) >= 11 is 0. The summed E-state index contributed by atoms with van der Waals surface area (Å²) in [6.07, 6.45) is 3.68. The van der Waals surface area contributed by atoms with Crippen LogP contribution in [-0.2, 0) is 15.9 Å². The normalized spacial score (nSPS) is 19.3. The molecule has 0 spiro atoms. The van der Waals surface area contributed by atoms with Crippen LogP contribution in [0.4, 0.5) is 14.6 Å². The molecule has 0 radical (unpaired) electrons. The topological polar surface area (TPSA) is 74.2 Å². The Morgan fingerprint density at radius 2 is 2.03 bits per heavy atom. The van der Waals surface area contributed by atoms with E-state index in [1.54, 1.807) is 0 Å². The Morgan fingerprint density at radius 1 is 1.28 bits per heavy atom. The predicted molar refractivity (Wildman–Crippen MR) is 105 cm³/mol. The van der Waals surface area contributed by atoms with E-state index < -0.39 is 28.7 Å². The Bertz CT molecular complexity index is 924. The van der Waals surface area contributed by atoms with Crippen LogP contribution in [0.15, 0.2) is 36.4 Å². The molecule has 5 nitrogen and oxygen atoms in total. The van der Waals surface area contributed by atoms with E-state index in [2.05, 4.69) is 15.6 Å². The molecule has 0 saturated heterocycles. The van der Waals surface area contributed by atoms with Crippen molar-refractivity contribution in [1.82, 2.24) is 10.3 Å². The van der Waals surface area contributed by atoms with Gasteiger partial charge in [-0.05, 0) is 56.7 Å². The van der Waals surface area contributed by atoms with Crippen LogP contribution in [0.5, 0.6) is 0 Å². The van der Waals surface area contributed by atoms with Crippen molar-refractivity contribution in [2.24, 2.45) is 5.92 Å². The van der Waals surface area contributed by atoms with Crippen LogP contribution in [0.1, 0.15) is 50.3 Å². The van der Waals surface area contributed by atoms with Crippen molar-refractivity contribution in [3.05, 3.63) is 59.3 Å². The minimum atomic E-state index is -1.75. The van der Waals surface area contributed by atoms with Gasteiger partial charge in [0.25, 0.3) is 0 Å². The van der Waals surface area contributed by atoms with Gasteiger partial charge in [0.1, 0.15) is 17.5 Å². The van der Waals surface area contributed by atoms with E-state index in [1.807, 2.05) is 18.2 Å². The zero-order chi connectivity index (χ0) is 20.6. The van der Waals surface area contributed by atoms with Crippen molar-refractivity contribution in [2.45, 2.75) is 50.2 Å². The fraction of sp³-hybridized carbons (Fsp3) is 0.455. The van der Waals surface area contributed by atoms with Gasteiger partial charge in [-0.2, -0.15) is 0 Å². The minimum absolute atomic E-state index is 0.108. The maximum absolute atomic E-state index is 14.0. The first-order valence-corrected chi connectivity index (χ1v) is 9.98. The molecule has 2 aliphatic carbocycles. The van der Waals surface area contributed by atoms with Crippen molar-refractivity contribution in [3.8, 4) is 0 Å². The fourth-order valence-electron chi connectivity index (χ4n) is 3.59. The van der Waals surface area contributed by atoms with Crippen LogP contribution in [-0.4, -0.2) is 22.5 Å². The zero-order valence-corrected chi connectivity index (χ0v) is 16.3. The number of nitrogens with one attached hydrogen (secondary N) is 2. The molecule has 0 aliphatic heterocycles. The number of hydrogen-bond acceptors (Lipinski definition) is 4. The van der Waals surface area contributed by atoms with Gasteiger partial charge in [-0.25, -0.2) is 13.8 Å². The molecule has 2 fully saturated rings. The SMILES string of the molecule is CC(O)(CC(=O)NC1(c2cccc(NCC3CC3)n2)CC1)c1ccc(F)cc1F. The van der Waals surface area contributed by atoms with Crippen molar-refractivity contribution < 1.29 is 18.7 Å². The number of carbonyl (C=O) groups excluding carboxylic acids is 1. The maximum Gasteiger partial charge on any atom is 0.223 e. The highest BCUT2D eigenvalue weighted by molar-refractivity contribution is 5.78. The number of pyridine rings is 1. The monoisotopic (exact) mass is 401 g/mol. The fourth-order valence-corrected chi connectivity index (χ4v) is 3.59. The predicted octanol–water partition coefficient (Wildman–Crippen LogP) is 3.58. The second kappa shape index (κ2) is 7.37. The summed E-state index contributed by atoms with van der Waals surface area (Å²) in [6, 6.07) is 8.64. The van der Waals surface area contributed by atoms with Crippen LogP contribution >= 0.6 is 0 Å².